The van der Waals surface area contributed by atoms with Crippen molar-refractivity contribution in [3.63, 3.8) is 0 Å². The lowest BCUT2D eigenvalue weighted by Gasteiger charge is -2.12. The number of hydrogen-bond donors (Lipinski definition) is 3. The first kappa shape index (κ1) is 20.8. The van der Waals surface area contributed by atoms with Crippen LogP contribution in [-0.2, 0) is 4.74 Å². The number of carbonyl (C=O) groups is 2. The molecule has 1 heterocycles. The van der Waals surface area contributed by atoms with Gasteiger partial charge in [0.1, 0.15) is 5.82 Å². The van der Waals surface area contributed by atoms with E-state index in [4.69, 9.17) is 4.74 Å². The second-order valence-corrected chi connectivity index (χ2v) is 6.78. The van der Waals surface area contributed by atoms with Gasteiger partial charge in [-0.1, -0.05) is 30.3 Å². The Hall–Kier alpha value is -4.46. The van der Waals surface area contributed by atoms with Crippen LogP contribution in [0.5, 0.6) is 0 Å². The highest BCUT2D eigenvalue weighted by atomic mass is 16.5. The first-order chi connectivity index (χ1) is 15.6. The molecule has 0 aliphatic rings. The highest BCUT2D eigenvalue weighted by Crippen LogP contribution is 2.25. The molecule has 1 aromatic heterocycles. The van der Waals surface area contributed by atoms with Crippen LogP contribution in [0.1, 0.15) is 17.5 Å². The number of hydrogen-bond acceptors (Lipinski definition) is 6. The van der Waals surface area contributed by atoms with E-state index < -0.39 is 5.97 Å². The normalized spacial score (nSPS) is 10.4. The molecule has 0 atom stereocenters. The zero-order chi connectivity index (χ0) is 22.3. The van der Waals surface area contributed by atoms with Crippen LogP contribution in [0.2, 0.25) is 0 Å². The number of anilines is 4. The van der Waals surface area contributed by atoms with Gasteiger partial charge in [-0.3, -0.25) is 0 Å². The maximum absolute atomic E-state index is 12.2. The van der Waals surface area contributed by atoms with Gasteiger partial charge in [0.25, 0.3) is 0 Å². The van der Waals surface area contributed by atoms with Crippen LogP contribution in [0.3, 0.4) is 0 Å². The molecule has 8 nitrogen and oxygen atoms in total. The molecule has 32 heavy (non-hydrogen) atoms. The minimum Gasteiger partial charge on any atom is -0.460 e. The van der Waals surface area contributed by atoms with Gasteiger partial charge >= 0.3 is 12.0 Å². The van der Waals surface area contributed by atoms with Crippen molar-refractivity contribution >= 4 is 45.8 Å². The zero-order valence-corrected chi connectivity index (χ0v) is 17.3. The van der Waals surface area contributed by atoms with Crippen molar-refractivity contribution in [3.05, 3.63) is 84.7 Å². The predicted octanol–water partition coefficient (Wildman–Crippen LogP) is 5.19. The minimum absolute atomic E-state index is 0.0103. The Bertz CT molecular complexity index is 1240. The summed E-state index contributed by atoms with van der Waals surface area (Å²) in [7, 11) is 0. The van der Waals surface area contributed by atoms with Gasteiger partial charge in [-0.2, -0.15) is 0 Å². The van der Waals surface area contributed by atoms with Crippen molar-refractivity contribution in [3.8, 4) is 0 Å². The number of esters is 1. The Balaban J connectivity index is 1.50. The lowest BCUT2D eigenvalue weighted by molar-refractivity contribution is 0.0512. The number of aromatic nitrogens is 2. The average Bonchev–Trinajstić information content (AvgIpc) is 2.81. The van der Waals surface area contributed by atoms with Crippen molar-refractivity contribution in [1.29, 1.82) is 0 Å². The van der Waals surface area contributed by atoms with Crippen LogP contribution in [0, 0.1) is 0 Å². The van der Waals surface area contributed by atoms with Crippen molar-refractivity contribution in [2.75, 3.05) is 22.6 Å². The van der Waals surface area contributed by atoms with E-state index in [9.17, 15) is 9.59 Å². The highest BCUT2D eigenvalue weighted by molar-refractivity contribution is 6.00. The minimum atomic E-state index is -0.578. The van der Waals surface area contributed by atoms with E-state index in [2.05, 4.69) is 25.9 Å². The summed E-state index contributed by atoms with van der Waals surface area (Å²) in [5, 5.41) is 9.54. The number of nitrogens with one attached hydrogen (secondary N) is 3. The Morgan fingerprint density at radius 3 is 2.12 bits per heavy atom. The number of benzene rings is 3. The number of urea groups is 1. The molecule has 0 fully saturated rings. The van der Waals surface area contributed by atoms with Crippen LogP contribution in [0.4, 0.5) is 27.7 Å². The fraction of sp³-hybridized carbons (Fsp3) is 0.0833. The van der Waals surface area contributed by atoms with E-state index in [1.165, 1.54) is 0 Å². The third-order valence-corrected chi connectivity index (χ3v) is 4.50. The molecule has 4 rings (SSSR count). The Labute approximate surface area is 184 Å². The van der Waals surface area contributed by atoms with Crippen molar-refractivity contribution in [1.82, 2.24) is 9.97 Å². The third-order valence-electron chi connectivity index (χ3n) is 4.50. The summed E-state index contributed by atoms with van der Waals surface area (Å²) >= 11 is 0. The fourth-order valence-corrected chi connectivity index (χ4v) is 3.05. The summed E-state index contributed by atoms with van der Waals surface area (Å²) < 4.78 is 5.04. The second kappa shape index (κ2) is 9.57. The number of nitrogens with zero attached hydrogens (tertiary/aromatic N) is 2. The molecule has 0 unspecified atom stereocenters. The summed E-state index contributed by atoms with van der Waals surface area (Å²) in [6.45, 7) is 1.97. The molecule has 3 aromatic carbocycles. The first-order valence-electron chi connectivity index (χ1n) is 10.1. The van der Waals surface area contributed by atoms with E-state index in [1.807, 2.05) is 54.6 Å². The Morgan fingerprint density at radius 1 is 0.781 bits per heavy atom. The average molecular weight is 427 g/mol. The molecule has 0 bridgehead atoms. The number of fused-ring (bicyclic) bond motifs is 1. The molecule has 2 amide bonds. The summed E-state index contributed by atoms with van der Waals surface area (Å²) in [5.74, 6) is -0.101. The quantitative estimate of drug-likeness (QED) is 0.366. The molecule has 0 aliphatic heterocycles. The predicted molar refractivity (Wildman–Crippen MR) is 124 cm³/mol. The monoisotopic (exact) mass is 427 g/mol. The van der Waals surface area contributed by atoms with Gasteiger partial charge in [-0.25, -0.2) is 19.6 Å². The van der Waals surface area contributed by atoms with Crippen LogP contribution < -0.4 is 16.0 Å². The summed E-state index contributed by atoms with van der Waals surface area (Å²) in [6.07, 6.45) is 0. The third kappa shape index (κ3) is 4.99. The van der Waals surface area contributed by atoms with Crippen LogP contribution >= 0.6 is 0 Å². The Morgan fingerprint density at radius 2 is 1.41 bits per heavy atom. The van der Waals surface area contributed by atoms with Gasteiger partial charge in [0.2, 0.25) is 5.82 Å². The van der Waals surface area contributed by atoms with Gasteiger partial charge < -0.3 is 20.7 Å². The van der Waals surface area contributed by atoms with Gasteiger partial charge in [0, 0.05) is 22.4 Å². The summed E-state index contributed by atoms with van der Waals surface area (Å²) in [4.78, 5) is 33.0. The molecular formula is C24H21N5O3. The smallest absolute Gasteiger partial charge is 0.376 e. The van der Waals surface area contributed by atoms with Gasteiger partial charge in [0.15, 0.2) is 0 Å². The standard InChI is InChI=1S/C24H21N5O3/c1-2-32-23(30)22-28-20-11-7-6-10-19(20)21(29-22)25-17-12-14-18(15-13-17)27-24(31)26-16-8-4-3-5-9-16/h3-15H,2H2,1H3,(H,25,28,29)(H2,26,27,31). The van der Waals surface area contributed by atoms with Crippen LogP contribution in [0.15, 0.2) is 78.9 Å². The van der Waals surface area contributed by atoms with Gasteiger partial charge in [-0.15, -0.1) is 0 Å². The van der Waals surface area contributed by atoms with E-state index in [1.54, 1.807) is 31.2 Å². The lowest BCUT2D eigenvalue weighted by Crippen LogP contribution is -2.19. The van der Waals surface area contributed by atoms with Crippen LogP contribution in [0.25, 0.3) is 10.9 Å². The SMILES string of the molecule is CCOC(=O)c1nc(Nc2ccc(NC(=O)Nc3ccccc3)cc2)c2ccccc2n1. The number of amides is 2. The molecular weight excluding hydrogens is 406 g/mol. The van der Waals surface area contributed by atoms with Gasteiger partial charge in [0.05, 0.1) is 12.1 Å². The number of rotatable bonds is 6. The van der Waals surface area contributed by atoms with Crippen LogP contribution in [-0.4, -0.2) is 28.6 Å². The number of ether oxygens (including phenoxy) is 1. The summed E-state index contributed by atoms with van der Waals surface area (Å²) in [6, 6.07) is 23.4. The van der Waals surface area contributed by atoms with E-state index >= 15 is 0 Å². The molecule has 4 aromatic rings. The van der Waals surface area contributed by atoms with E-state index in [0.717, 1.165) is 11.1 Å². The van der Waals surface area contributed by atoms with E-state index in [-0.39, 0.29) is 18.5 Å². The highest BCUT2D eigenvalue weighted by Gasteiger charge is 2.15. The maximum atomic E-state index is 12.2. The number of para-hydroxylation sites is 2. The van der Waals surface area contributed by atoms with Crippen molar-refractivity contribution < 1.29 is 14.3 Å². The molecule has 0 radical (unpaired) electrons. The molecule has 0 aliphatic carbocycles. The lowest BCUT2D eigenvalue weighted by atomic mass is 10.2. The maximum Gasteiger partial charge on any atom is 0.376 e. The Kier molecular flexibility index (Phi) is 6.22. The number of carbonyl (C=O) groups excluding carboxylic acids is 2. The topological polar surface area (TPSA) is 105 Å². The second-order valence-electron chi connectivity index (χ2n) is 6.78. The molecule has 0 saturated carbocycles. The zero-order valence-electron chi connectivity index (χ0n) is 17.3. The molecule has 160 valence electrons. The molecule has 3 N–H and O–H groups in total. The van der Waals surface area contributed by atoms with Gasteiger partial charge in [-0.05, 0) is 55.5 Å². The summed E-state index contributed by atoms with van der Waals surface area (Å²) in [5.41, 5.74) is 2.70. The molecule has 0 spiro atoms. The first-order valence-corrected chi connectivity index (χ1v) is 10.1. The molecule has 8 heteroatoms. The van der Waals surface area contributed by atoms with E-state index in [0.29, 0.717) is 22.7 Å². The van der Waals surface area contributed by atoms with Crippen molar-refractivity contribution in [2.45, 2.75) is 6.92 Å². The fourth-order valence-electron chi connectivity index (χ4n) is 3.05. The largest absolute Gasteiger partial charge is 0.460 e. The molecule has 0 saturated heterocycles. The van der Waals surface area contributed by atoms with Crippen molar-refractivity contribution in [2.24, 2.45) is 0 Å².